The van der Waals surface area contributed by atoms with E-state index in [0.717, 1.165) is 18.4 Å². The second-order valence-corrected chi connectivity index (χ2v) is 5.45. The minimum absolute atomic E-state index is 0.0870. The molecule has 0 aliphatic heterocycles. The van der Waals surface area contributed by atoms with Crippen molar-refractivity contribution in [2.24, 2.45) is 5.92 Å². The summed E-state index contributed by atoms with van der Waals surface area (Å²) in [5.41, 5.74) is 2.94. The molecule has 0 heterocycles. The lowest BCUT2D eigenvalue weighted by molar-refractivity contribution is -0.136. The average Bonchev–Trinajstić information content (AvgIpc) is 2.52. The zero-order valence-corrected chi connectivity index (χ0v) is 13.6. The Kier molecular flexibility index (Phi) is 7.60. The number of aliphatic hydroxyl groups is 1. The quantitative estimate of drug-likeness (QED) is 0.674. The first-order chi connectivity index (χ1) is 10.5. The van der Waals surface area contributed by atoms with Crippen LogP contribution < -0.4 is 10.6 Å². The van der Waals surface area contributed by atoms with E-state index in [0.29, 0.717) is 18.7 Å². The molecule has 122 valence electrons. The lowest BCUT2D eigenvalue weighted by Crippen LogP contribution is -2.38. The van der Waals surface area contributed by atoms with Crippen molar-refractivity contribution in [1.82, 2.24) is 5.32 Å². The van der Waals surface area contributed by atoms with E-state index in [-0.39, 0.29) is 12.5 Å². The third kappa shape index (κ3) is 5.48. The van der Waals surface area contributed by atoms with Crippen LogP contribution in [0.3, 0.4) is 0 Å². The van der Waals surface area contributed by atoms with Crippen LogP contribution >= 0.6 is 0 Å². The molecule has 1 rings (SSSR count). The Hall–Kier alpha value is -1.88. The highest BCUT2D eigenvalue weighted by Gasteiger charge is 2.15. The molecular weight excluding hydrogens is 280 g/mol. The van der Waals surface area contributed by atoms with Crippen molar-refractivity contribution >= 4 is 17.5 Å². The van der Waals surface area contributed by atoms with Crippen LogP contribution in [0.4, 0.5) is 5.69 Å². The molecule has 1 atom stereocenters. The fourth-order valence-corrected chi connectivity index (χ4v) is 2.27. The van der Waals surface area contributed by atoms with Crippen LogP contribution in [0, 0.1) is 12.8 Å². The standard InChI is InChI=1S/C17H26N2O3/c1-4-13(8-9-20)11-18-16(21)17(22)19-15-7-6-12(3)14(5-2)10-15/h6-7,10,13,20H,4-5,8-9,11H2,1-3H3,(H,18,21)(H,19,22). The molecule has 0 aliphatic carbocycles. The molecule has 1 unspecified atom stereocenters. The summed E-state index contributed by atoms with van der Waals surface area (Å²) in [4.78, 5) is 23.7. The number of hydrogen-bond donors (Lipinski definition) is 3. The van der Waals surface area contributed by atoms with E-state index in [1.807, 2.05) is 32.9 Å². The van der Waals surface area contributed by atoms with Gasteiger partial charge in [0.1, 0.15) is 0 Å². The Morgan fingerprint density at radius 3 is 2.55 bits per heavy atom. The number of amides is 2. The number of nitrogens with one attached hydrogen (secondary N) is 2. The lowest BCUT2D eigenvalue weighted by Gasteiger charge is -2.14. The molecule has 0 saturated carbocycles. The minimum atomic E-state index is -0.662. The highest BCUT2D eigenvalue weighted by Crippen LogP contribution is 2.15. The number of hydrogen-bond acceptors (Lipinski definition) is 3. The molecule has 22 heavy (non-hydrogen) atoms. The molecule has 1 aromatic carbocycles. The van der Waals surface area contributed by atoms with E-state index in [1.165, 1.54) is 5.56 Å². The summed E-state index contributed by atoms with van der Waals surface area (Å²) in [5, 5.41) is 14.2. The normalized spacial score (nSPS) is 11.8. The smallest absolute Gasteiger partial charge is 0.313 e. The second-order valence-electron chi connectivity index (χ2n) is 5.45. The van der Waals surface area contributed by atoms with Crippen LogP contribution in [-0.4, -0.2) is 30.1 Å². The largest absolute Gasteiger partial charge is 0.396 e. The summed E-state index contributed by atoms with van der Waals surface area (Å²) >= 11 is 0. The van der Waals surface area contributed by atoms with Gasteiger partial charge >= 0.3 is 11.8 Å². The van der Waals surface area contributed by atoms with Crippen molar-refractivity contribution in [2.45, 2.75) is 40.0 Å². The van der Waals surface area contributed by atoms with Crippen LogP contribution in [0.5, 0.6) is 0 Å². The first-order valence-corrected chi connectivity index (χ1v) is 7.81. The molecule has 5 heteroatoms. The number of rotatable bonds is 7. The van der Waals surface area contributed by atoms with Gasteiger partial charge in [-0.15, -0.1) is 0 Å². The molecule has 0 aliphatic rings. The molecular formula is C17H26N2O3. The van der Waals surface area contributed by atoms with Gasteiger partial charge in [0.2, 0.25) is 0 Å². The van der Waals surface area contributed by atoms with Crippen LogP contribution in [0.1, 0.15) is 37.8 Å². The predicted molar refractivity (Wildman–Crippen MR) is 87.7 cm³/mol. The molecule has 0 aromatic heterocycles. The molecule has 0 radical (unpaired) electrons. The van der Waals surface area contributed by atoms with E-state index < -0.39 is 11.8 Å². The highest BCUT2D eigenvalue weighted by molar-refractivity contribution is 6.39. The zero-order valence-electron chi connectivity index (χ0n) is 13.6. The summed E-state index contributed by atoms with van der Waals surface area (Å²) in [7, 11) is 0. The number of aryl methyl sites for hydroxylation is 2. The summed E-state index contributed by atoms with van der Waals surface area (Å²) in [6, 6.07) is 5.61. The van der Waals surface area contributed by atoms with Crippen molar-refractivity contribution in [3.63, 3.8) is 0 Å². The summed E-state index contributed by atoms with van der Waals surface area (Å²) < 4.78 is 0. The van der Waals surface area contributed by atoms with Crippen LogP contribution in [-0.2, 0) is 16.0 Å². The van der Waals surface area contributed by atoms with Crippen LogP contribution in [0.2, 0.25) is 0 Å². The van der Waals surface area contributed by atoms with Crippen LogP contribution in [0.25, 0.3) is 0 Å². The maximum Gasteiger partial charge on any atom is 0.313 e. The fraction of sp³-hybridized carbons (Fsp3) is 0.529. The third-order valence-corrected chi connectivity index (χ3v) is 3.86. The van der Waals surface area contributed by atoms with Gasteiger partial charge in [0.25, 0.3) is 0 Å². The first kappa shape index (κ1) is 18.2. The predicted octanol–water partition coefficient (Wildman–Crippen LogP) is 2.02. The Morgan fingerprint density at radius 1 is 1.23 bits per heavy atom. The topological polar surface area (TPSA) is 78.4 Å². The van der Waals surface area contributed by atoms with E-state index >= 15 is 0 Å². The van der Waals surface area contributed by atoms with Gasteiger partial charge in [0, 0.05) is 18.8 Å². The molecule has 2 amide bonds. The average molecular weight is 306 g/mol. The van der Waals surface area contributed by atoms with Gasteiger partial charge in [-0.3, -0.25) is 9.59 Å². The maximum absolute atomic E-state index is 11.9. The minimum Gasteiger partial charge on any atom is -0.396 e. The molecule has 0 saturated heterocycles. The van der Waals surface area contributed by atoms with Gasteiger partial charge in [0.15, 0.2) is 0 Å². The molecule has 3 N–H and O–H groups in total. The zero-order chi connectivity index (χ0) is 16.5. The number of anilines is 1. The van der Waals surface area contributed by atoms with Gasteiger partial charge in [-0.1, -0.05) is 26.3 Å². The van der Waals surface area contributed by atoms with Crippen molar-refractivity contribution in [3.05, 3.63) is 29.3 Å². The molecule has 0 bridgehead atoms. The third-order valence-electron chi connectivity index (χ3n) is 3.86. The van der Waals surface area contributed by atoms with Gasteiger partial charge in [0.05, 0.1) is 0 Å². The lowest BCUT2D eigenvalue weighted by atomic mass is 10.0. The van der Waals surface area contributed by atoms with Gasteiger partial charge in [-0.05, 0) is 48.9 Å². The second kappa shape index (κ2) is 9.20. The summed E-state index contributed by atoms with van der Waals surface area (Å²) in [6.07, 6.45) is 2.34. The van der Waals surface area contributed by atoms with Gasteiger partial charge < -0.3 is 15.7 Å². The Morgan fingerprint density at radius 2 is 1.95 bits per heavy atom. The summed E-state index contributed by atoms with van der Waals surface area (Å²) in [5.74, 6) is -1.12. The molecule has 5 nitrogen and oxygen atoms in total. The number of carbonyl (C=O) groups is 2. The fourth-order valence-electron chi connectivity index (χ4n) is 2.27. The molecule has 0 fully saturated rings. The highest BCUT2D eigenvalue weighted by atomic mass is 16.3. The van der Waals surface area contributed by atoms with E-state index in [9.17, 15) is 9.59 Å². The first-order valence-electron chi connectivity index (χ1n) is 7.81. The Balaban J connectivity index is 2.55. The molecule has 1 aromatic rings. The Bertz CT molecular complexity index is 515. The number of aliphatic hydroxyl groups excluding tert-OH is 1. The Labute approximate surface area is 132 Å². The summed E-state index contributed by atoms with van der Waals surface area (Å²) in [6.45, 7) is 6.54. The van der Waals surface area contributed by atoms with Crippen molar-refractivity contribution < 1.29 is 14.7 Å². The monoisotopic (exact) mass is 306 g/mol. The van der Waals surface area contributed by atoms with Crippen molar-refractivity contribution in [3.8, 4) is 0 Å². The maximum atomic E-state index is 11.9. The number of carbonyl (C=O) groups excluding carboxylic acids is 2. The van der Waals surface area contributed by atoms with E-state index in [2.05, 4.69) is 10.6 Å². The van der Waals surface area contributed by atoms with E-state index in [4.69, 9.17) is 5.11 Å². The van der Waals surface area contributed by atoms with Crippen molar-refractivity contribution in [1.29, 1.82) is 0 Å². The SMILES string of the molecule is CCc1cc(NC(=O)C(=O)NCC(CC)CCO)ccc1C. The van der Waals surface area contributed by atoms with Crippen LogP contribution in [0.15, 0.2) is 18.2 Å². The van der Waals surface area contributed by atoms with Crippen molar-refractivity contribution in [2.75, 3.05) is 18.5 Å². The number of benzene rings is 1. The van der Waals surface area contributed by atoms with E-state index in [1.54, 1.807) is 6.07 Å². The van der Waals surface area contributed by atoms with Gasteiger partial charge in [-0.25, -0.2) is 0 Å². The molecule has 0 spiro atoms. The van der Waals surface area contributed by atoms with Gasteiger partial charge in [-0.2, -0.15) is 0 Å².